The van der Waals surface area contributed by atoms with E-state index < -0.39 is 5.54 Å². The first-order chi connectivity index (χ1) is 12.5. The van der Waals surface area contributed by atoms with E-state index in [4.69, 9.17) is 5.73 Å². The largest absolute Gasteiger partial charge is 0.348 e. The molecule has 2 aromatic carbocycles. The molecule has 1 saturated carbocycles. The van der Waals surface area contributed by atoms with Crippen LogP contribution in [-0.2, 0) is 11.3 Å². The summed E-state index contributed by atoms with van der Waals surface area (Å²) in [7, 11) is 0. The van der Waals surface area contributed by atoms with Gasteiger partial charge in [-0.3, -0.25) is 9.59 Å². The number of carbonyl (C=O) groups excluding carboxylic acids is 2. The smallest absolute Gasteiger partial charge is 0.251 e. The van der Waals surface area contributed by atoms with Crippen LogP contribution in [0.3, 0.4) is 0 Å². The minimum Gasteiger partial charge on any atom is -0.348 e. The topological polar surface area (TPSA) is 84.2 Å². The Kier molecular flexibility index (Phi) is 5.32. The molecule has 136 valence electrons. The average Bonchev–Trinajstić information content (AvgIpc) is 3.09. The van der Waals surface area contributed by atoms with E-state index in [1.165, 1.54) is 6.07 Å². The van der Waals surface area contributed by atoms with Gasteiger partial charge in [0, 0.05) is 23.4 Å². The highest BCUT2D eigenvalue weighted by molar-refractivity contribution is 5.99. The molecule has 0 aromatic heterocycles. The van der Waals surface area contributed by atoms with Gasteiger partial charge in [0.15, 0.2) is 0 Å². The summed E-state index contributed by atoms with van der Waals surface area (Å²) in [6.07, 6.45) is 3.31. The van der Waals surface area contributed by atoms with Gasteiger partial charge in [-0.15, -0.1) is 0 Å². The molecule has 0 heterocycles. The van der Waals surface area contributed by atoms with E-state index in [0.29, 0.717) is 29.7 Å². The van der Waals surface area contributed by atoms with Crippen molar-refractivity contribution in [1.29, 1.82) is 0 Å². The maximum atomic E-state index is 13.6. The Morgan fingerprint density at radius 1 is 1.04 bits per heavy atom. The van der Waals surface area contributed by atoms with Crippen LogP contribution in [0.15, 0.2) is 48.5 Å². The quantitative estimate of drug-likeness (QED) is 0.771. The zero-order valence-corrected chi connectivity index (χ0v) is 14.4. The van der Waals surface area contributed by atoms with Crippen LogP contribution in [-0.4, -0.2) is 17.4 Å². The fraction of sp³-hybridized carbons (Fsp3) is 0.300. The molecule has 0 radical (unpaired) electrons. The van der Waals surface area contributed by atoms with E-state index in [-0.39, 0.29) is 24.2 Å². The highest BCUT2D eigenvalue weighted by atomic mass is 19.1. The highest BCUT2D eigenvalue weighted by Crippen LogP contribution is 2.28. The Labute approximate surface area is 151 Å². The Bertz CT molecular complexity index is 799. The minimum absolute atomic E-state index is 0.111. The van der Waals surface area contributed by atoms with Crippen molar-refractivity contribution in [3.05, 3.63) is 65.5 Å². The normalized spacial score (nSPS) is 15.5. The van der Waals surface area contributed by atoms with Crippen LogP contribution in [0.5, 0.6) is 0 Å². The van der Waals surface area contributed by atoms with Crippen LogP contribution in [0.2, 0.25) is 0 Å². The second kappa shape index (κ2) is 7.66. The molecule has 6 heteroatoms. The average molecular weight is 355 g/mol. The Morgan fingerprint density at radius 2 is 1.69 bits per heavy atom. The second-order valence-corrected chi connectivity index (χ2v) is 6.67. The minimum atomic E-state index is -0.796. The molecule has 26 heavy (non-hydrogen) atoms. The summed E-state index contributed by atoms with van der Waals surface area (Å²) >= 11 is 0. The number of benzene rings is 2. The molecule has 1 aliphatic rings. The molecule has 5 nitrogen and oxygen atoms in total. The molecule has 4 N–H and O–H groups in total. The maximum Gasteiger partial charge on any atom is 0.251 e. The molecule has 2 amide bonds. The first kappa shape index (κ1) is 18.1. The van der Waals surface area contributed by atoms with Gasteiger partial charge in [-0.25, -0.2) is 4.39 Å². The highest BCUT2D eigenvalue weighted by Gasteiger charge is 2.36. The number of nitrogens with two attached hydrogens (primary N) is 1. The van der Waals surface area contributed by atoms with E-state index in [9.17, 15) is 14.0 Å². The first-order valence-corrected chi connectivity index (χ1v) is 8.70. The summed E-state index contributed by atoms with van der Waals surface area (Å²) in [5.41, 5.74) is 6.79. The summed E-state index contributed by atoms with van der Waals surface area (Å²) in [6, 6.07) is 12.9. The fourth-order valence-corrected chi connectivity index (χ4v) is 3.11. The van der Waals surface area contributed by atoms with Crippen molar-refractivity contribution in [2.75, 3.05) is 5.32 Å². The molecule has 0 bridgehead atoms. The van der Waals surface area contributed by atoms with Crippen LogP contribution in [0.4, 0.5) is 10.1 Å². The molecule has 0 unspecified atom stereocenters. The van der Waals surface area contributed by atoms with E-state index in [1.54, 1.807) is 42.5 Å². The van der Waals surface area contributed by atoms with E-state index in [2.05, 4.69) is 10.6 Å². The number of anilines is 1. The van der Waals surface area contributed by atoms with Gasteiger partial charge in [-0.05, 0) is 43.2 Å². The fourth-order valence-electron chi connectivity index (χ4n) is 3.11. The van der Waals surface area contributed by atoms with Gasteiger partial charge in [0.05, 0.1) is 5.54 Å². The third-order valence-corrected chi connectivity index (χ3v) is 4.75. The van der Waals surface area contributed by atoms with Crippen molar-refractivity contribution >= 4 is 17.5 Å². The van der Waals surface area contributed by atoms with Crippen molar-refractivity contribution in [3.63, 3.8) is 0 Å². The van der Waals surface area contributed by atoms with E-state index in [1.807, 2.05) is 0 Å². The number of halogens is 1. The lowest BCUT2D eigenvalue weighted by molar-refractivity contribution is -0.121. The Hall–Kier alpha value is -2.73. The van der Waals surface area contributed by atoms with Crippen LogP contribution in [0.1, 0.15) is 41.6 Å². The Balaban J connectivity index is 1.57. The van der Waals surface area contributed by atoms with Gasteiger partial charge in [0.25, 0.3) is 5.91 Å². The number of carbonyl (C=O) groups is 2. The zero-order chi connectivity index (χ0) is 18.6. The molecule has 3 rings (SSSR count). The van der Waals surface area contributed by atoms with Gasteiger partial charge in [0.1, 0.15) is 5.82 Å². The van der Waals surface area contributed by atoms with Crippen LogP contribution < -0.4 is 16.4 Å². The summed E-state index contributed by atoms with van der Waals surface area (Å²) in [4.78, 5) is 24.5. The molecule has 2 aromatic rings. The third-order valence-electron chi connectivity index (χ3n) is 4.75. The number of hydrogen-bond donors (Lipinski definition) is 3. The number of nitrogens with one attached hydrogen (secondary N) is 2. The van der Waals surface area contributed by atoms with Gasteiger partial charge >= 0.3 is 0 Å². The zero-order valence-electron chi connectivity index (χ0n) is 14.4. The van der Waals surface area contributed by atoms with E-state index >= 15 is 0 Å². The standard InChI is InChI=1S/C20H22FN3O2/c21-17-6-2-1-5-15(17)13-23-18(25)14-7-9-16(10-8-14)24-19(26)20(22)11-3-4-12-20/h1-2,5-10H,3-4,11-13,22H2,(H,23,25)(H,24,26). The van der Waals surface area contributed by atoms with Gasteiger partial charge < -0.3 is 16.4 Å². The lowest BCUT2D eigenvalue weighted by Crippen LogP contribution is -2.48. The lowest BCUT2D eigenvalue weighted by atomic mass is 9.98. The molecule has 1 fully saturated rings. The SMILES string of the molecule is NC1(C(=O)Nc2ccc(C(=O)NCc3ccccc3F)cc2)CCCC1. The molecule has 0 aliphatic heterocycles. The molecular weight excluding hydrogens is 333 g/mol. The van der Waals surface area contributed by atoms with Crippen molar-refractivity contribution in [2.45, 2.75) is 37.8 Å². The maximum absolute atomic E-state index is 13.6. The number of hydrogen-bond acceptors (Lipinski definition) is 3. The van der Waals surface area contributed by atoms with Crippen molar-refractivity contribution < 1.29 is 14.0 Å². The van der Waals surface area contributed by atoms with E-state index in [0.717, 1.165) is 12.8 Å². The number of amides is 2. The predicted octanol–water partition coefficient (Wildman–Crippen LogP) is 2.97. The molecular formula is C20H22FN3O2. The molecule has 0 spiro atoms. The van der Waals surface area contributed by atoms with Crippen LogP contribution in [0.25, 0.3) is 0 Å². The van der Waals surface area contributed by atoms with Crippen LogP contribution >= 0.6 is 0 Å². The monoisotopic (exact) mass is 355 g/mol. The molecule has 0 saturated heterocycles. The van der Waals surface area contributed by atoms with Crippen molar-refractivity contribution in [1.82, 2.24) is 5.32 Å². The Morgan fingerprint density at radius 3 is 2.35 bits per heavy atom. The van der Waals surface area contributed by atoms with Gasteiger partial charge in [-0.1, -0.05) is 31.0 Å². The summed E-state index contributed by atoms with van der Waals surface area (Å²) in [6.45, 7) is 0.111. The van der Waals surface area contributed by atoms with Crippen molar-refractivity contribution in [2.24, 2.45) is 5.73 Å². The first-order valence-electron chi connectivity index (χ1n) is 8.70. The number of rotatable bonds is 5. The van der Waals surface area contributed by atoms with Crippen LogP contribution in [0, 0.1) is 5.82 Å². The predicted molar refractivity (Wildman–Crippen MR) is 98.0 cm³/mol. The summed E-state index contributed by atoms with van der Waals surface area (Å²) in [5.74, 6) is -0.850. The van der Waals surface area contributed by atoms with Gasteiger partial charge in [-0.2, -0.15) is 0 Å². The van der Waals surface area contributed by atoms with Gasteiger partial charge in [0.2, 0.25) is 5.91 Å². The molecule has 1 aliphatic carbocycles. The third kappa shape index (κ3) is 4.08. The summed E-state index contributed by atoms with van der Waals surface area (Å²) in [5, 5.41) is 5.49. The lowest BCUT2D eigenvalue weighted by Gasteiger charge is -2.22. The summed E-state index contributed by atoms with van der Waals surface area (Å²) < 4.78 is 13.6. The second-order valence-electron chi connectivity index (χ2n) is 6.67. The van der Waals surface area contributed by atoms with Crippen molar-refractivity contribution in [3.8, 4) is 0 Å². The molecule has 0 atom stereocenters.